The lowest BCUT2D eigenvalue weighted by atomic mass is 9.98. The van der Waals surface area contributed by atoms with Gasteiger partial charge in [0, 0.05) is 12.0 Å². The molecule has 0 bridgehead atoms. The summed E-state index contributed by atoms with van der Waals surface area (Å²) in [6, 6.07) is 15.1. The van der Waals surface area contributed by atoms with Crippen LogP contribution >= 0.6 is 0 Å². The molecule has 4 rings (SSSR count). The molecular formula is C28H34N2O5. The number of hydrogen-bond donors (Lipinski definition) is 3. The summed E-state index contributed by atoms with van der Waals surface area (Å²) < 4.78 is 5.63. The van der Waals surface area contributed by atoms with Gasteiger partial charge in [0.05, 0.1) is 6.42 Å². The van der Waals surface area contributed by atoms with Gasteiger partial charge in [-0.15, -0.1) is 0 Å². The first-order chi connectivity index (χ1) is 17.0. The van der Waals surface area contributed by atoms with Crippen molar-refractivity contribution in [2.24, 2.45) is 5.92 Å². The number of carbonyl (C=O) groups excluding carboxylic acids is 2. The molecule has 2 aliphatic carbocycles. The number of ether oxygens (including phenoxy) is 1. The molecule has 0 radical (unpaired) electrons. The van der Waals surface area contributed by atoms with Crippen LogP contribution in [0.3, 0.4) is 0 Å². The Morgan fingerprint density at radius 3 is 2.20 bits per heavy atom. The van der Waals surface area contributed by atoms with E-state index in [1.807, 2.05) is 31.2 Å². The highest BCUT2D eigenvalue weighted by Crippen LogP contribution is 2.44. The molecule has 186 valence electrons. The predicted octanol–water partition coefficient (Wildman–Crippen LogP) is 4.84. The number of nitrogens with one attached hydrogen (secondary N) is 2. The first kappa shape index (κ1) is 24.8. The molecule has 0 spiro atoms. The lowest BCUT2D eigenvalue weighted by molar-refractivity contribution is -0.137. The van der Waals surface area contributed by atoms with Crippen molar-refractivity contribution in [3.8, 4) is 11.1 Å². The van der Waals surface area contributed by atoms with Gasteiger partial charge in [0.2, 0.25) is 5.91 Å². The second-order valence-corrected chi connectivity index (χ2v) is 9.65. The normalized spacial score (nSPS) is 16.0. The molecular weight excluding hydrogens is 444 g/mol. The summed E-state index contributed by atoms with van der Waals surface area (Å²) in [5.41, 5.74) is 4.56. The average Bonchev–Trinajstić information content (AvgIpc) is 3.61. The van der Waals surface area contributed by atoms with Crippen molar-refractivity contribution < 1.29 is 24.2 Å². The fourth-order valence-corrected chi connectivity index (χ4v) is 4.89. The second kappa shape index (κ2) is 11.4. The molecule has 0 heterocycles. The van der Waals surface area contributed by atoms with Crippen molar-refractivity contribution in [2.75, 3.05) is 6.61 Å². The third-order valence-corrected chi connectivity index (χ3v) is 6.89. The number of carboxylic acid groups (broad SMARTS) is 1. The maximum atomic E-state index is 13.0. The number of alkyl carbamates (subject to hydrolysis) is 1. The van der Waals surface area contributed by atoms with Crippen LogP contribution in [0.4, 0.5) is 4.79 Å². The molecule has 0 aromatic heterocycles. The largest absolute Gasteiger partial charge is 0.481 e. The van der Waals surface area contributed by atoms with Crippen LogP contribution in [0.1, 0.15) is 68.9 Å². The highest BCUT2D eigenvalue weighted by atomic mass is 16.5. The maximum absolute atomic E-state index is 13.0. The Morgan fingerprint density at radius 2 is 1.63 bits per heavy atom. The molecule has 1 fully saturated rings. The number of hydrogen-bond acceptors (Lipinski definition) is 4. The number of carbonyl (C=O) groups is 3. The Balaban J connectivity index is 1.38. The van der Waals surface area contributed by atoms with Gasteiger partial charge >= 0.3 is 12.1 Å². The van der Waals surface area contributed by atoms with Crippen molar-refractivity contribution in [1.82, 2.24) is 10.6 Å². The summed E-state index contributed by atoms with van der Waals surface area (Å²) in [5.74, 6) is -0.951. The Hall–Kier alpha value is -3.35. The zero-order valence-electron chi connectivity index (χ0n) is 20.2. The summed E-state index contributed by atoms with van der Waals surface area (Å²) in [6.07, 6.45) is 4.16. The lowest BCUT2D eigenvalue weighted by Gasteiger charge is -2.23. The molecule has 2 aromatic carbocycles. The van der Waals surface area contributed by atoms with Gasteiger partial charge in [0.15, 0.2) is 0 Å². The van der Waals surface area contributed by atoms with E-state index in [1.54, 1.807) is 0 Å². The molecule has 2 aromatic rings. The number of unbranched alkanes of at least 4 members (excludes halogenated alkanes) is 1. The van der Waals surface area contributed by atoms with Gasteiger partial charge in [0.1, 0.15) is 12.6 Å². The molecule has 3 N–H and O–H groups in total. The quantitative estimate of drug-likeness (QED) is 0.405. The minimum absolute atomic E-state index is 0.0575. The van der Waals surface area contributed by atoms with Gasteiger partial charge in [0.25, 0.3) is 0 Å². The van der Waals surface area contributed by atoms with Crippen LogP contribution in [0.2, 0.25) is 0 Å². The molecule has 1 saturated carbocycles. The van der Waals surface area contributed by atoms with Crippen LogP contribution in [-0.4, -0.2) is 41.8 Å². The van der Waals surface area contributed by atoms with Crippen LogP contribution in [0, 0.1) is 5.92 Å². The smallest absolute Gasteiger partial charge is 0.407 e. The van der Waals surface area contributed by atoms with Gasteiger partial charge < -0.3 is 20.5 Å². The number of fused-ring (bicyclic) bond motifs is 3. The number of aliphatic carboxylic acids is 1. The standard InChI is InChI=1S/C28H34N2O5/c1-2-3-8-19(16-26(31)32)29-27(33)25(15-18-13-14-18)30-28(34)35-17-24-22-11-6-4-9-20(22)21-10-5-7-12-23(21)24/h4-7,9-12,18-19,24-25H,2-3,8,13-17H2,1H3,(H,29,33)(H,30,34)(H,31,32)/t19-,25-/m0/s1. The van der Waals surface area contributed by atoms with E-state index in [1.165, 1.54) is 0 Å². The number of carboxylic acids is 1. The summed E-state index contributed by atoms with van der Waals surface area (Å²) in [5, 5.41) is 14.8. The van der Waals surface area contributed by atoms with Gasteiger partial charge in [-0.2, -0.15) is 0 Å². The minimum Gasteiger partial charge on any atom is -0.481 e. The minimum atomic E-state index is -0.949. The van der Waals surface area contributed by atoms with E-state index in [2.05, 4.69) is 34.9 Å². The van der Waals surface area contributed by atoms with Crippen molar-refractivity contribution in [3.05, 3.63) is 59.7 Å². The fraction of sp³-hybridized carbons (Fsp3) is 0.464. The van der Waals surface area contributed by atoms with Crippen molar-refractivity contribution in [2.45, 2.75) is 69.9 Å². The SMILES string of the molecule is CCCC[C@@H](CC(=O)O)NC(=O)[C@H](CC1CC1)NC(=O)OCC1c2ccccc2-c2ccccc21. The topological polar surface area (TPSA) is 105 Å². The van der Waals surface area contributed by atoms with Crippen LogP contribution < -0.4 is 10.6 Å². The van der Waals surface area contributed by atoms with E-state index in [0.717, 1.165) is 47.9 Å². The molecule has 7 nitrogen and oxygen atoms in total. The van der Waals surface area contributed by atoms with Gasteiger partial charge in [-0.1, -0.05) is 81.1 Å². The number of benzene rings is 2. The Labute approximate surface area is 206 Å². The predicted molar refractivity (Wildman–Crippen MR) is 133 cm³/mol. The molecule has 0 aliphatic heterocycles. The van der Waals surface area contributed by atoms with Gasteiger partial charge in [-0.25, -0.2) is 4.79 Å². The average molecular weight is 479 g/mol. The molecule has 0 saturated heterocycles. The third kappa shape index (κ3) is 6.41. The van der Waals surface area contributed by atoms with Crippen molar-refractivity contribution in [1.29, 1.82) is 0 Å². The summed E-state index contributed by atoms with van der Waals surface area (Å²) in [6.45, 7) is 2.20. The van der Waals surface area contributed by atoms with Crippen LogP contribution in [0.25, 0.3) is 11.1 Å². The molecule has 35 heavy (non-hydrogen) atoms. The van der Waals surface area contributed by atoms with E-state index >= 15 is 0 Å². The highest BCUT2D eigenvalue weighted by molar-refractivity contribution is 5.86. The molecule has 2 amide bonds. The van der Waals surface area contributed by atoms with E-state index in [-0.39, 0.29) is 24.9 Å². The Morgan fingerprint density at radius 1 is 1.00 bits per heavy atom. The third-order valence-electron chi connectivity index (χ3n) is 6.89. The van der Waals surface area contributed by atoms with Crippen molar-refractivity contribution >= 4 is 18.0 Å². The van der Waals surface area contributed by atoms with Gasteiger partial charge in [-0.3, -0.25) is 9.59 Å². The van der Waals surface area contributed by atoms with Crippen LogP contribution in [-0.2, 0) is 14.3 Å². The zero-order chi connectivity index (χ0) is 24.8. The maximum Gasteiger partial charge on any atom is 0.407 e. The molecule has 2 aliphatic rings. The van der Waals surface area contributed by atoms with E-state index in [0.29, 0.717) is 18.8 Å². The summed E-state index contributed by atoms with van der Waals surface area (Å²) in [4.78, 5) is 37.0. The monoisotopic (exact) mass is 478 g/mol. The Bertz CT molecular complexity index is 1020. The van der Waals surface area contributed by atoms with Gasteiger partial charge in [-0.05, 0) is 41.0 Å². The van der Waals surface area contributed by atoms with E-state index < -0.39 is 24.1 Å². The Kier molecular flexibility index (Phi) is 8.06. The van der Waals surface area contributed by atoms with E-state index in [4.69, 9.17) is 4.74 Å². The van der Waals surface area contributed by atoms with Crippen LogP contribution in [0.5, 0.6) is 0 Å². The molecule has 0 unspecified atom stereocenters. The zero-order valence-corrected chi connectivity index (χ0v) is 20.2. The highest BCUT2D eigenvalue weighted by Gasteiger charge is 2.33. The molecule has 2 atom stereocenters. The van der Waals surface area contributed by atoms with Crippen molar-refractivity contribution in [3.63, 3.8) is 0 Å². The number of rotatable bonds is 12. The lowest BCUT2D eigenvalue weighted by Crippen LogP contribution is -2.50. The van der Waals surface area contributed by atoms with Crippen LogP contribution in [0.15, 0.2) is 48.5 Å². The second-order valence-electron chi connectivity index (χ2n) is 9.65. The first-order valence-electron chi connectivity index (χ1n) is 12.6. The molecule has 7 heteroatoms. The number of amides is 2. The van der Waals surface area contributed by atoms with E-state index in [9.17, 15) is 19.5 Å². The summed E-state index contributed by atoms with van der Waals surface area (Å²) in [7, 11) is 0. The fourth-order valence-electron chi connectivity index (χ4n) is 4.89. The first-order valence-corrected chi connectivity index (χ1v) is 12.6. The summed E-state index contributed by atoms with van der Waals surface area (Å²) >= 11 is 0.